The van der Waals surface area contributed by atoms with Gasteiger partial charge in [-0.25, -0.2) is 0 Å². The maximum Gasteiger partial charge on any atom is 0.418 e. The van der Waals surface area contributed by atoms with Gasteiger partial charge in [-0.15, -0.1) is 0 Å². The van der Waals surface area contributed by atoms with Crippen molar-refractivity contribution in [2.75, 3.05) is 11.9 Å². The van der Waals surface area contributed by atoms with E-state index in [1.165, 1.54) is 6.07 Å². The van der Waals surface area contributed by atoms with Crippen LogP contribution in [0.25, 0.3) is 0 Å². The number of anilines is 1. The minimum atomic E-state index is -4.67. The highest BCUT2D eigenvalue weighted by Gasteiger charge is 2.34. The summed E-state index contributed by atoms with van der Waals surface area (Å²) in [5, 5.41) is 13.2. The number of hydrogen-bond acceptors (Lipinski definition) is 3. The summed E-state index contributed by atoms with van der Waals surface area (Å²) in [5.41, 5.74) is -1.61. The molecule has 9 heteroatoms. The third-order valence-electron chi connectivity index (χ3n) is 2.97. The van der Waals surface area contributed by atoms with Gasteiger partial charge >= 0.3 is 12.1 Å². The molecule has 128 valence electrons. The third kappa shape index (κ3) is 5.72. The van der Waals surface area contributed by atoms with E-state index in [0.717, 1.165) is 12.1 Å². The molecule has 0 saturated carbocycles. The lowest BCUT2D eigenvalue weighted by Gasteiger charge is -2.16. The smallest absolute Gasteiger partial charge is 0.418 e. The van der Waals surface area contributed by atoms with Crippen LogP contribution in [0.4, 0.5) is 18.9 Å². The van der Waals surface area contributed by atoms with E-state index in [1.807, 2.05) is 0 Å². The molecule has 0 spiro atoms. The quantitative estimate of drug-likeness (QED) is 0.704. The highest BCUT2D eigenvalue weighted by molar-refractivity contribution is 6.34. The van der Waals surface area contributed by atoms with Gasteiger partial charge in [0.2, 0.25) is 5.91 Å². The highest BCUT2D eigenvalue weighted by Crippen LogP contribution is 2.38. The zero-order valence-corrected chi connectivity index (χ0v) is 13.0. The molecule has 3 N–H and O–H groups in total. The van der Waals surface area contributed by atoms with Crippen molar-refractivity contribution in [3.05, 3.63) is 28.8 Å². The number of carboxylic acids is 1. The average Bonchev–Trinajstić information content (AvgIpc) is 2.44. The van der Waals surface area contributed by atoms with Gasteiger partial charge in [0.25, 0.3) is 0 Å². The van der Waals surface area contributed by atoms with Crippen molar-refractivity contribution >= 4 is 29.2 Å². The molecule has 23 heavy (non-hydrogen) atoms. The molecule has 1 aromatic rings. The van der Waals surface area contributed by atoms with E-state index in [4.69, 9.17) is 16.7 Å². The molecule has 0 bridgehead atoms. The van der Waals surface area contributed by atoms with Crippen molar-refractivity contribution in [3.63, 3.8) is 0 Å². The third-order valence-corrected chi connectivity index (χ3v) is 3.28. The Balaban J connectivity index is 2.80. The van der Waals surface area contributed by atoms with Gasteiger partial charge in [0.1, 0.15) is 6.04 Å². The number of hydrogen-bond donors (Lipinski definition) is 3. The second-order valence-corrected chi connectivity index (χ2v) is 5.18. The molecule has 1 rings (SSSR count). The summed E-state index contributed by atoms with van der Waals surface area (Å²) in [7, 11) is 0. The van der Waals surface area contributed by atoms with Gasteiger partial charge in [-0.3, -0.25) is 14.9 Å². The standard InChI is InChI=1S/C14H16ClF3N2O3/c1-2-4-10(13(22)23)19-7-11(21)20-12-8(14(16,17)18)5-3-6-9(12)15/h3,5-6,10,19H,2,4,7H2,1H3,(H,20,21)(H,22,23). The number of benzene rings is 1. The number of nitrogens with one attached hydrogen (secondary N) is 2. The van der Waals surface area contributed by atoms with Crippen LogP contribution >= 0.6 is 11.6 Å². The van der Waals surface area contributed by atoms with Gasteiger partial charge in [0.05, 0.1) is 22.8 Å². The normalized spacial score (nSPS) is 12.7. The Morgan fingerprint density at radius 3 is 2.52 bits per heavy atom. The van der Waals surface area contributed by atoms with Crippen molar-refractivity contribution in [2.45, 2.75) is 32.0 Å². The van der Waals surface area contributed by atoms with Crippen LogP contribution in [-0.2, 0) is 15.8 Å². The van der Waals surface area contributed by atoms with E-state index in [9.17, 15) is 22.8 Å². The SMILES string of the molecule is CCCC(NCC(=O)Nc1c(Cl)cccc1C(F)(F)F)C(=O)O. The Bertz CT molecular complexity index is 579. The zero-order chi connectivity index (χ0) is 17.6. The first-order chi connectivity index (χ1) is 10.7. The van der Waals surface area contributed by atoms with E-state index in [-0.39, 0.29) is 5.02 Å². The Hall–Kier alpha value is -1.80. The van der Waals surface area contributed by atoms with Crippen molar-refractivity contribution < 1.29 is 27.9 Å². The molecular formula is C14H16ClF3N2O3. The Morgan fingerprint density at radius 1 is 1.35 bits per heavy atom. The summed E-state index contributed by atoms with van der Waals surface area (Å²) in [6.07, 6.45) is -3.80. The summed E-state index contributed by atoms with van der Waals surface area (Å²) in [6, 6.07) is 2.20. The number of carbonyl (C=O) groups excluding carboxylic acids is 1. The predicted molar refractivity (Wildman–Crippen MR) is 79.4 cm³/mol. The number of alkyl halides is 3. The van der Waals surface area contributed by atoms with Crippen LogP contribution in [0.15, 0.2) is 18.2 Å². The first-order valence-corrected chi connectivity index (χ1v) is 7.16. The van der Waals surface area contributed by atoms with E-state index in [1.54, 1.807) is 6.92 Å². The van der Waals surface area contributed by atoms with Crippen LogP contribution in [0, 0.1) is 0 Å². The minimum absolute atomic E-state index is 0.253. The van der Waals surface area contributed by atoms with Crippen LogP contribution in [0.3, 0.4) is 0 Å². The van der Waals surface area contributed by atoms with Gasteiger partial charge < -0.3 is 10.4 Å². The molecule has 0 heterocycles. The Labute approximate surface area is 135 Å². The minimum Gasteiger partial charge on any atom is -0.480 e. The number of para-hydroxylation sites is 1. The van der Waals surface area contributed by atoms with Crippen LogP contribution < -0.4 is 10.6 Å². The maximum absolute atomic E-state index is 12.9. The molecular weight excluding hydrogens is 337 g/mol. The first kappa shape index (κ1) is 19.2. The van der Waals surface area contributed by atoms with Gasteiger partial charge in [0.15, 0.2) is 0 Å². The van der Waals surface area contributed by atoms with Crippen molar-refractivity contribution in [2.24, 2.45) is 0 Å². The molecule has 0 aliphatic heterocycles. The second kappa shape index (κ2) is 8.16. The van der Waals surface area contributed by atoms with Crippen LogP contribution in [0.1, 0.15) is 25.3 Å². The number of halogens is 4. The van der Waals surface area contributed by atoms with Gasteiger partial charge in [-0.05, 0) is 18.6 Å². The number of carboxylic acid groups (broad SMARTS) is 1. The summed E-state index contributed by atoms with van der Waals surface area (Å²) in [6.45, 7) is 1.33. The lowest BCUT2D eigenvalue weighted by molar-refractivity contribution is -0.139. The fourth-order valence-electron chi connectivity index (χ4n) is 1.89. The summed E-state index contributed by atoms with van der Waals surface area (Å²) < 4.78 is 38.7. The molecule has 5 nitrogen and oxygen atoms in total. The molecule has 0 fully saturated rings. The van der Waals surface area contributed by atoms with Gasteiger partial charge in [0, 0.05) is 0 Å². The van der Waals surface area contributed by atoms with E-state index in [2.05, 4.69) is 10.6 Å². The molecule has 0 aromatic heterocycles. The van der Waals surface area contributed by atoms with Crippen molar-refractivity contribution in [1.82, 2.24) is 5.32 Å². The monoisotopic (exact) mass is 352 g/mol. The summed E-state index contributed by atoms with van der Waals surface area (Å²) in [5.74, 6) is -1.95. The molecule has 0 aliphatic carbocycles. The molecule has 1 unspecified atom stereocenters. The number of carbonyl (C=O) groups is 2. The molecule has 1 aromatic carbocycles. The number of amides is 1. The van der Waals surface area contributed by atoms with Crippen LogP contribution in [0.2, 0.25) is 5.02 Å². The van der Waals surface area contributed by atoms with Crippen molar-refractivity contribution in [1.29, 1.82) is 0 Å². The summed E-state index contributed by atoms with van der Waals surface area (Å²) >= 11 is 5.71. The van der Waals surface area contributed by atoms with Gasteiger partial charge in [-0.2, -0.15) is 13.2 Å². The fraction of sp³-hybridized carbons (Fsp3) is 0.429. The fourth-order valence-corrected chi connectivity index (χ4v) is 2.11. The number of rotatable bonds is 7. The van der Waals surface area contributed by atoms with E-state index in [0.29, 0.717) is 12.8 Å². The Kier molecular flexibility index (Phi) is 6.83. The maximum atomic E-state index is 12.9. The largest absolute Gasteiger partial charge is 0.480 e. The van der Waals surface area contributed by atoms with Gasteiger partial charge in [-0.1, -0.05) is 31.0 Å². The van der Waals surface area contributed by atoms with Crippen molar-refractivity contribution in [3.8, 4) is 0 Å². The Morgan fingerprint density at radius 2 is 2.00 bits per heavy atom. The molecule has 0 radical (unpaired) electrons. The molecule has 0 aliphatic rings. The highest BCUT2D eigenvalue weighted by atomic mass is 35.5. The van der Waals surface area contributed by atoms with Crippen LogP contribution in [-0.4, -0.2) is 29.6 Å². The average molecular weight is 353 g/mol. The van der Waals surface area contributed by atoms with Crippen LogP contribution in [0.5, 0.6) is 0 Å². The zero-order valence-electron chi connectivity index (χ0n) is 12.2. The topological polar surface area (TPSA) is 78.4 Å². The number of aliphatic carboxylic acids is 1. The van der Waals surface area contributed by atoms with E-state index < -0.39 is 41.9 Å². The first-order valence-electron chi connectivity index (χ1n) is 6.78. The molecule has 1 atom stereocenters. The predicted octanol–water partition coefficient (Wildman–Crippen LogP) is 3.14. The second-order valence-electron chi connectivity index (χ2n) is 4.77. The summed E-state index contributed by atoms with van der Waals surface area (Å²) in [4.78, 5) is 22.7. The molecule has 1 amide bonds. The lowest BCUT2D eigenvalue weighted by atomic mass is 10.1. The van der Waals surface area contributed by atoms with E-state index >= 15 is 0 Å². The molecule has 0 saturated heterocycles. The lowest BCUT2D eigenvalue weighted by Crippen LogP contribution is -2.41.